The Morgan fingerprint density at radius 3 is 2.76 bits per heavy atom. The van der Waals surface area contributed by atoms with E-state index in [1.807, 2.05) is 0 Å². The van der Waals surface area contributed by atoms with Crippen LogP contribution in [0.15, 0.2) is 18.3 Å². The van der Waals surface area contributed by atoms with E-state index in [1.54, 1.807) is 6.92 Å². The highest BCUT2D eigenvalue weighted by Crippen LogP contribution is 2.43. The monoisotopic (exact) mass is 303 g/mol. The van der Waals surface area contributed by atoms with Gasteiger partial charge in [-0.15, -0.1) is 0 Å². The molecule has 0 aliphatic carbocycles. The van der Waals surface area contributed by atoms with E-state index < -0.39 is 24.0 Å². The normalized spacial score (nSPS) is 22.1. The first-order valence-corrected chi connectivity index (χ1v) is 6.57. The summed E-state index contributed by atoms with van der Waals surface area (Å²) in [5.74, 6) is -0.713. The minimum Gasteiger partial charge on any atom is -0.478 e. The summed E-state index contributed by atoms with van der Waals surface area (Å²) in [6.07, 6.45) is -3.60. The molecule has 21 heavy (non-hydrogen) atoms. The van der Waals surface area contributed by atoms with E-state index in [0.717, 1.165) is 0 Å². The molecule has 1 amide bonds. The van der Waals surface area contributed by atoms with Gasteiger partial charge in [0.15, 0.2) is 5.41 Å². The zero-order valence-electron chi connectivity index (χ0n) is 11.5. The predicted molar refractivity (Wildman–Crippen MR) is 70.0 cm³/mol. The lowest BCUT2D eigenvalue weighted by molar-refractivity contribution is -0.213. The number of alkyl halides is 3. The predicted octanol–water partition coefficient (Wildman–Crippen LogP) is 1.96. The van der Waals surface area contributed by atoms with Crippen LogP contribution >= 0.6 is 0 Å². The van der Waals surface area contributed by atoms with Gasteiger partial charge < -0.3 is 15.4 Å². The molecule has 1 fully saturated rings. The first-order valence-electron chi connectivity index (χ1n) is 6.57. The molecular weight excluding hydrogens is 287 g/mol. The molecule has 5 nitrogen and oxygen atoms in total. The van der Waals surface area contributed by atoms with E-state index in [-0.39, 0.29) is 18.7 Å². The second kappa shape index (κ2) is 5.88. The summed E-state index contributed by atoms with van der Waals surface area (Å²) >= 11 is 0. The van der Waals surface area contributed by atoms with Gasteiger partial charge in [0.25, 0.3) is 0 Å². The van der Waals surface area contributed by atoms with Crippen molar-refractivity contribution < 1.29 is 22.7 Å². The van der Waals surface area contributed by atoms with Gasteiger partial charge in [0, 0.05) is 12.6 Å². The molecule has 2 heterocycles. The van der Waals surface area contributed by atoms with Crippen LogP contribution in [0.5, 0.6) is 5.88 Å². The number of anilines is 1. The fourth-order valence-corrected chi connectivity index (χ4v) is 2.19. The van der Waals surface area contributed by atoms with E-state index in [2.05, 4.69) is 15.6 Å². The summed E-state index contributed by atoms with van der Waals surface area (Å²) < 4.78 is 44.7. The van der Waals surface area contributed by atoms with Crippen LogP contribution in [-0.4, -0.2) is 36.8 Å². The Kier molecular flexibility index (Phi) is 4.36. The molecule has 1 aromatic heterocycles. The van der Waals surface area contributed by atoms with Crippen LogP contribution in [0.4, 0.5) is 18.9 Å². The number of halogens is 3. The summed E-state index contributed by atoms with van der Waals surface area (Å²) in [6.45, 7) is 1.97. The first kappa shape index (κ1) is 15.6. The average molecular weight is 303 g/mol. The maximum Gasteiger partial charge on any atom is 0.404 e. The molecule has 1 unspecified atom stereocenters. The Balaban J connectivity index is 2.12. The van der Waals surface area contributed by atoms with Crippen LogP contribution in [0.1, 0.15) is 13.3 Å². The number of hydrogen-bond donors (Lipinski definition) is 2. The highest BCUT2D eigenvalue weighted by molar-refractivity contribution is 5.96. The van der Waals surface area contributed by atoms with Gasteiger partial charge in [0.2, 0.25) is 11.8 Å². The van der Waals surface area contributed by atoms with Crippen molar-refractivity contribution in [2.45, 2.75) is 19.5 Å². The van der Waals surface area contributed by atoms with Gasteiger partial charge in [0.05, 0.1) is 18.5 Å². The third kappa shape index (κ3) is 3.10. The van der Waals surface area contributed by atoms with E-state index in [4.69, 9.17) is 4.74 Å². The van der Waals surface area contributed by atoms with Gasteiger partial charge in [-0.1, -0.05) is 0 Å². The molecular formula is C13H16F3N3O2. The number of amides is 1. The van der Waals surface area contributed by atoms with Crippen molar-refractivity contribution in [3.8, 4) is 5.88 Å². The molecule has 0 saturated carbocycles. The molecule has 1 aliphatic heterocycles. The number of ether oxygens (including phenoxy) is 1. The van der Waals surface area contributed by atoms with Crippen molar-refractivity contribution in [2.24, 2.45) is 5.41 Å². The molecule has 0 aromatic carbocycles. The highest BCUT2D eigenvalue weighted by Gasteiger charge is 2.61. The lowest BCUT2D eigenvalue weighted by Gasteiger charge is -2.29. The summed E-state index contributed by atoms with van der Waals surface area (Å²) in [7, 11) is 0. The fraction of sp³-hybridized carbons (Fsp3) is 0.538. The Morgan fingerprint density at radius 1 is 1.52 bits per heavy atom. The number of pyridine rings is 1. The minimum absolute atomic E-state index is 0.161. The number of hydrogen-bond acceptors (Lipinski definition) is 4. The first-order chi connectivity index (χ1) is 9.89. The van der Waals surface area contributed by atoms with Crippen molar-refractivity contribution in [1.82, 2.24) is 10.3 Å². The van der Waals surface area contributed by atoms with Crippen molar-refractivity contribution in [1.29, 1.82) is 0 Å². The van der Waals surface area contributed by atoms with Gasteiger partial charge in [-0.05, 0) is 26.0 Å². The van der Waals surface area contributed by atoms with E-state index in [1.165, 1.54) is 18.3 Å². The van der Waals surface area contributed by atoms with Crippen LogP contribution in [0.2, 0.25) is 0 Å². The molecule has 1 atom stereocenters. The van der Waals surface area contributed by atoms with Crippen molar-refractivity contribution >= 4 is 11.6 Å². The summed E-state index contributed by atoms with van der Waals surface area (Å²) in [4.78, 5) is 16.0. The maximum atomic E-state index is 13.2. The SMILES string of the molecule is CCOc1ccc(NC(=O)C2(C(F)(F)F)CCNC2)cn1. The summed E-state index contributed by atoms with van der Waals surface area (Å²) in [6, 6.07) is 2.95. The second-order valence-electron chi connectivity index (χ2n) is 4.78. The lowest BCUT2D eigenvalue weighted by Crippen LogP contribution is -2.49. The second-order valence-corrected chi connectivity index (χ2v) is 4.78. The van der Waals surface area contributed by atoms with Crippen molar-refractivity contribution in [3.05, 3.63) is 18.3 Å². The third-order valence-corrected chi connectivity index (χ3v) is 3.42. The number of carbonyl (C=O) groups is 1. The molecule has 8 heteroatoms. The molecule has 2 rings (SSSR count). The van der Waals surface area contributed by atoms with Crippen molar-refractivity contribution in [2.75, 3.05) is 25.0 Å². The number of rotatable bonds is 4. The molecule has 0 radical (unpaired) electrons. The average Bonchev–Trinajstić information content (AvgIpc) is 2.91. The third-order valence-electron chi connectivity index (χ3n) is 3.42. The molecule has 1 aromatic rings. The smallest absolute Gasteiger partial charge is 0.404 e. The van der Waals surface area contributed by atoms with E-state index in [9.17, 15) is 18.0 Å². The van der Waals surface area contributed by atoms with Crippen LogP contribution in [0.3, 0.4) is 0 Å². The van der Waals surface area contributed by atoms with Crippen LogP contribution in [0.25, 0.3) is 0 Å². The summed E-state index contributed by atoms with van der Waals surface area (Å²) in [5.41, 5.74) is -2.18. The number of carbonyl (C=O) groups excluding carboxylic acids is 1. The quantitative estimate of drug-likeness (QED) is 0.892. The van der Waals surface area contributed by atoms with Crippen LogP contribution < -0.4 is 15.4 Å². The Morgan fingerprint density at radius 2 is 2.29 bits per heavy atom. The Hall–Kier alpha value is -1.83. The van der Waals surface area contributed by atoms with Crippen LogP contribution in [0, 0.1) is 5.41 Å². The molecule has 116 valence electrons. The zero-order chi connectivity index (χ0) is 15.5. The fourth-order valence-electron chi connectivity index (χ4n) is 2.19. The summed E-state index contributed by atoms with van der Waals surface area (Å²) in [5, 5.41) is 4.88. The van der Waals surface area contributed by atoms with Gasteiger partial charge in [-0.3, -0.25) is 4.79 Å². The van der Waals surface area contributed by atoms with Gasteiger partial charge in [-0.2, -0.15) is 13.2 Å². The zero-order valence-corrected chi connectivity index (χ0v) is 11.5. The number of aromatic nitrogens is 1. The minimum atomic E-state index is -4.60. The van der Waals surface area contributed by atoms with E-state index >= 15 is 0 Å². The van der Waals surface area contributed by atoms with Crippen molar-refractivity contribution in [3.63, 3.8) is 0 Å². The Labute approximate surface area is 119 Å². The van der Waals surface area contributed by atoms with Crippen LogP contribution in [-0.2, 0) is 4.79 Å². The Bertz CT molecular complexity index is 496. The topological polar surface area (TPSA) is 63.2 Å². The lowest BCUT2D eigenvalue weighted by atomic mass is 9.85. The highest BCUT2D eigenvalue weighted by atomic mass is 19.4. The van der Waals surface area contributed by atoms with Gasteiger partial charge >= 0.3 is 6.18 Å². The number of nitrogens with zero attached hydrogens (tertiary/aromatic N) is 1. The maximum absolute atomic E-state index is 13.2. The molecule has 0 spiro atoms. The van der Waals surface area contributed by atoms with Gasteiger partial charge in [0.1, 0.15) is 0 Å². The largest absolute Gasteiger partial charge is 0.478 e. The molecule has 1 aliphatic rings. The van der Waals surface area contributed by atoms with E-state index in [0.29, 0.717) is 12.5 Å². The standard InChI is InChI=1S/C13H16F3N3O2/c1-2-21-10-4-3-9(7-18-10)19-11(20)12(13(14,15)16)5-6-17-8-12/h3-4,7,17H,2,5-6,8H2,1H3,(H,19,20). The molecule has 1 saturated heterocycles. The molecule has 2 N–H and O–H groups in total. The number of nitrogens with one attached hydrogen (secondary N) is 2. The molecule has 0 bridgehead atoms. The van der Waals surface area contributed by atoms with Gasteiger partial charge in [-0.25, -0.2) is 4.98 Å².